The number of piperazine rings is 1. The van der Waals surface area contributed by atoms with Gasteiger partial charge < -0.3 is 9.73 Å². The first-order valence-electron chi connectivity index (χ1n) is 7.30. The normalized spacial score (nSPS) is 19.9. The quantitative estimate of drug-likeness (QED) is 0.946. The molecule has 0 aliphatic carbocycles. The Labute approximate surface area is 130 Å². The molecule has 3 rings (SSSR count). The van der Waals surface area contributed by atoms with Gasteiger partial charge in [-0.2, -0.15) is 0 Å². The minimum Gasteiger partial charge on any atom is -0.441 e. The Morgan fingerprint density at radius 3 is 3.10 bits per heavy atom. The lowest BCUT2D eigenvalue weighted by Crippen LogP contribution is -2.49. The Morgan fingerprint density at radius 1 is 1.48 bits per heavy atom. The van der Waals surface area contributed by atoms with Crippen molar-refractivity contribution in [1.82, 2.24) is 15.2 Å². The third-order valence-corrected chi connectivity index (χ3v) is 4.19. The van der Waals surface area contributed by atoms with E-state index in [1.807, 2.05) is 31.2 Å². The lowest BCUT2D eigenvalue weighted by Gasteiger charge is -2.33. The second kappa shape index (κ2) is 6.18. The highest BCUT2D eigenvalue weighted by Gasteiger charge is 2.21. The van der Waals surface area contributed by atoms with Crippen molar-refractivity contribution >= 4 is 11.6 Å². The molecular formula is C16H20ClN3O. The molecule has 1 atom stereocenters. The van der Waals surface area contributed by atoms with Crippen LogP contribution >= 0.6 is 11.6 Å². The van der Waals surface area contributed by atoms with Crippen molar-refractivity contribution in [3.8, 4) is 11.5 Å². The third-order valence-electron chi connectivity index (χ3n) is 3.96. The number of halogens is 1. The molecule has 1 aromatic heterocycles. The molecule has 1 aliphatic rings. The second-order valence-corrected chi connectivity index (χ2v) is 5.99. The van der Waals surface area contributed by atoms with Crippen LogP contribution in [0, 0.1) is 6.92 Å². The van der Waals surface area contributed by atoms with Crippen molar-refractivity contribution in [2.75, 3.05) is 19.6 Å². The van der Waals surface area contributed by atoms with Crippen LogP contribution in [0.2, 0.25) is 5.02 Å². The minimum atomic E-state index is 0.518. The highest BCUT2D eigenvalue weighted by atomic mass is 35.5. The SMILES string of the molecule is Cc1oc(-c2cccc(Cl)c2)nc1CN1CCNCC1C. The molecule has 4 nitrogen and oxygen atoms in total. The molecule has 0 amide bonds. The largest absolute Gasteiger partial charge is 0.441 e. The summed E-state index contributed by atoms with van der Waals surface area (Å²) in [7, 11) is 0. The molecule has 1 N–H and O–H groups in total. The maximum absolute atomic E-state index is 6.03. The molecule has 1 fully saturated rings. The standard InChI is InChI=1S/C16H20ClN3O/c1-11-9-18-6-7-20(11)10-15-12(2)21-16(19-15)13-4-3-5-14(17)8-13/h3-5,8,11,18H,6-7,9-10H2,1-2H3. The van der Waals surface area contributed by atoms with Crippen molar-refractivity contribution < 1.29 is 4.42 Å². The Hall–Kier alpha value is -1.36. The summed E-state index contributed by atoms with van der Waals surface area (Å²) in [6.45, 7) is 8.14. The van der Waals surface area contributed by atoms with E-state index in [2.05, 4.69) is 22.1 Å². The average Bonchev–Trinajstić information content (AvgIpc) is 2.83. The van der Waals surface area contributed by atoms with E-state index in [0.717, 1.165) is 43.2 Å². The monoisotopic (exact) mass is 305 g/mol. The van der Waals surface area contributed by atoms with E-state index in [-0.39, 0.29) is 0 Å². The topological polar surface area (TPSA) is 41.3 Å². The second-order valence-electron chi connectivity index (χ2n) is 5.56. The summed E-state index contributed by atoms with van der Waals surface area (Å²) in [6.07, 6.45) is 0. The van der Waals surface area contributed by atoms with Gasteiger partial charge in [-0.3, -0.25) is 4.90 Å². The number of benzene rings is 1. The summed E-state index contributed by atoms with van der Waals surface area (Å²) in [5.41, 5.74) is 1.93. The van der Waals surface area contributed by atoms with Crippen molar-refractivity contribution in [2.45, 2.75) is 26.4 Å². The number of nitrogens with one attached hydrogen (secondary N) is 1. The lowest BCUT2D eigenvalue weighted by molar-refractivity contribution is 0.163. The van der Waals surface area contributed by atoms with Gasteiger partial charge in [0.1, 0.15) is 5.76 Å². The lowest BCUT2D eigenvalue weighted by atomic mass is 10.2. The molecule has 0 bridgehead atoms. The van der Waals surface area contributed by atoms with E-state index >= 15 is 0 Å². The average molecular weight is 306 g/mol. The molecule has 1 aliphatic heterocycles. The van der Waals surface area contributed by atoms with Gasteiger partial charge >= 0.3 is 0 Å². The number of nitrogens with zero attached hydrogens (tertiary/aromatic N) is 2. The molecule has 5 heteroatoms. The van der Waals surface area contributed by atoms with E-state index in [1.54, 1.807) is 0 Å². The Bertz CT molecular complexity index is 626. The van der Waals surface area contributed by atoms with Gasteiger partial charge in [0.15, 0.2) is 0 Å². The summed E-state index contributed by atoms with van der Waals surface area (Å²) < 4.78 is 5.82. The van der Waals surface area contributed by atoms with Crippen LogP contribution < -0.4 is 5.32 Å². The smallest absolute Gasteiger partial charge is 0.226 e. The number of aromatic nitrogens is 1. The summed E-state index contributed by atoms with van der Waals surface area (Å²) >= 11 is 6.03. The van der Waals surface area contributed by atoms with Crippen LogP contribution in [0.25, 0.3) is 11.5 Å². The highest BCUT2D eigenvalue weighted by Crippen LogP contribution is 2.25. The molecule has 0 saturated carbocycles. The van der Waals surface area contributed by atoms with E-state index in [0.29, 0.717) is 17.0 Å². The van der Waals surface area contributed by atoms with Crippen LogP contribution in [0.3, 0.4) is 0 Å². The summed E-state index contributed by atoms with van der Waals surface area (Å²) in [5, 5.41) is 4.10. The van der Waals surface area contributed by atoms with Gasteiger partial charge in [-0.25, -0.2) is 4.98 Å². The van der Waals surface area contributed by atoms with Crippen LogP contribution in [0.15, 0.2) is 28.7 Å². The van der Waals surface area contributed by atoms with Crippen molar-refractivity contribution in [1.29, 1.82) is 0 Å². The van der Waals surface area contributed by atoms with Crippen molar-refractivity contribution in [3.63, 3.8) is 0 Å². The maximum Gasteiger partial charge on any atom is 0.226 e. The van der Waals surface area contributed by atoms with Crippen LogP contribution in [0.5, 0.6) is 0 Å². The highest BCUT2D eigenvalue weighted by molar-refractivity contribution is 6.30. The first kappa shape index (κ1) is 14.6. The summed E-state index contributed by atoms with van der Waals surface area (Å²) in [6, 6.07) is 8.13. The van der Waals surface area contributed by atoms with E-state index in [4.69, 9.17) is 16.0 Å². The fourth-order valence-electron chi connectivity index (χ4n) is 2.63. The molecule has 21 heavy (non-hydrogen) atoms. The molecule has 112 valence electrons. The minimum absolute atomic E-state index is 0.518. The van der Waals surface area contributed by atoms with Crippen LogP contribution in [-0.4, -0.2) is 35.6 Å². The fourth-order valence-corrected chi connectivity index (χ4v) is 2.82. The van der Waals surface area contributed by atoms with Crippen LogP contribution in [0.4, 0.5) is 0 Å². The molecule has 1 aromatic carbocycles. The molecule has 0 radical (unpaired) electrons. The zero-order chi connectivity index (χ0) is 14.8. The molecule has 2 aromatic rings. The third kappa shape index (κ3) is 3.28. The predicted octanol–water partition coefficient (Wildman–Crippen LogP) is 3.10. The van der Waals surface area contributed by atoms with Crippen LogP contribution in [-0.2, 0) is 6.54 Å². The fraction of sp³-hybridized carbons (Fsp3) is 0.438. The van der Waals surface area contributed by atoms with Gasteiger partial charge in [0.05, 0.1) is 5.69 Å². The zero-order valence-electron chi connectivity index (χ0n) is 12.4. The molecular weight excluding hydrogens is 286 g/mol. The number of hydrogen-bond acceptors (Lipinski definition) is 4. The first-order valence-corrected chi connectivity index (χ1v) is 7.68. The molecule has 2 heterocycles. The summed E-state index contributed by atoms with van der Waals surface area (Å²) in [5.74, 6) is 1.53. The van der Waals surface area contributed by atoms with Gasteiger partial charge in [-0.05, 0) is 32.0 Å². The first-order chi connectivity index (χ1) is 10.1. The number of aryl methyl sites for hydroxylation is 1. The van der Waals surface area contributed by atoms with Gasteiger partial charge in [0.25, 0.3) is 0 Å². The zero-order valence-corrected chi connectivity index (χ0v) is 13.2. The van der Waals surface area contributed by atoms with E-state index in [1.165, 1.54) is 0 Å². The number of oxazole rings is 1. The van der Waals surface area contributed by atoms with Gasteiger partial charge in [0.2, 0.25) is 5.89 Å². The van der Waals surface area contributed by atoms with Gasteiger partial charge in [0, 0.05) is 42.8 Å². The van der Waals surface area contributed by atoms with Crippen LogP contribution in [0.1, 0.15) is 18.4 Å². The van der Waals surface area contributed by atoms with Gasteiger partial charge in [-0.15, -0.1) is 0 Å². The van der Waals surface area contributed by atoms with Gasteiger partial charge in [-0.1, -0.05) is 17.7 Å². The summed E-state index contributed by atoms with van der Waals surface area (Å²) in [4.78, 5) is 7.10. The van der Waals surface area contributed by atoms with E-state index in [9.17, 15) is 0 Å². The Morgan fingerprint density at radius 2 is 2.33 bits per heavy atom. The molecule has 1 unspecified atom stereocenters. The molecule has 1 saturated heterocycles. The molecule has 0 spiro atoms. The predicted molar refractivity (Wildman–Crippen MR) is 84.4 cm³/mol. The number of rotatable bonds is 3. The Kier molecular flexibility index (Phi) is 4.29. The number of hydrogen-bond donors (Lipinski definition) is 1. The Balaban J connectivity index is 1.81. The van der Waals surface area contributed by atoms with Crippen molar-refractivity contribution in [2.24, 2.45) is 0 Å². The maximum atomic E-state index is 6.03. The van der Waals surface area contributed by atoms with Crippen molar-refractivity contribution in [3.05, 3.63) is 40.7 Å². The van der Waals surface area contributed by atoms with E-state index < -0.39 is 0 Å².